The number of likely N-dealkylation sites (tertiary alicyclic amines) is 2. The molecule has 0 unspecified atom stereocenters. The summed E-state index contributed by atoms with van der Waals surface area (Å²) < 4.78 is 39.1. The number of aliphatic carboxylic acids is 2. The van der Waals surface area contributed by atoms with Crippen molar-refractivity contribution in [3.63, 3.8) is 0 Å². The van der Waals surface area contributed by atoms with Crippen LogP contribution in [0.1, 0.15) is 36.8 Å². The van der Waals surface area contributed by atoms with Crippen molar-refractivity contribution < 1.29 is 33.0 Å². The third kappa shape index (κ3) is 6.49. The van der Waals surface area contributed by atoms with Gasteiger partial charge >= 0.3 is 18.1 Å². The van der Waals surface area contributed by atoms with Crippen LogP contribution >= 0.6 is 0 Å². The highest BCUT2D eigenvalue weighted by atomic mass is 19.4. The number of carboxylic acids is 2. The van der Waals surface area contributed by atoms with E-state index in [-0.39, 0.29) is 0 Å². The minimum Gasteiger partial charge on any atom is -0.473 e. The normalized spacial score (nSPS) is 19.1. The summed E-state index contributed by atoms with van der Waals surface area (Å²) in [6.45, 7) is 4.59. The van der Waals surface area contributed by atoms with Crippen molar-refractivity contribution >= 4 is 11.9 Å². The first-order valence-corrected chi connectivity index (χ1v) is 9.26. The van der Waals surface area contributed by atoms with Gasteiger partial charge in [0.1, 0.15) is 0 Å². The Bertz CT molecular complexity index is 655. The highest BCUT2D eigenvalue weighted by Gasteiger charge is 2.34. The molecule has 0 aliphatic carbocycles. The third-order valence-electron chi connectivity index (χ3n) is 5.11. The number of nitrogens with zero attached hydrogens (tertiary/aromatic N) is 2. The molecule has 0 aromatic heterocycles. The maximum atomic E-state index is 13.0. The number of halogens is 3. The quantitative estimate of drug-likeness (QED) is 0.757. The number of carbonyl (C=O) groups is 2. The van der Waals surface area contributed by atoms with Crippen LogP contribution < -0.4 is 0 Å². The molecule has 0 spiro atoms. The zero-order valence-corrected chi connectivity index (χ0v) is 15.5. The minimum absolute atomic E-state index is 0.398. The fourth-order valence-electron chi connectivity index (χ4n) is 3.72. The Morgan fingerprint density at radius 1 is 0.964 bits per heavy atom. The predicted octanol–water partition coefficient (Wildman–Crippen LogP) is 2.92. The molecule has 3 rings (SSSR count). The van der Waals surface area contributed by atoms with Crippen LogP contribution in [0.25, 0.3) is 0 Å². The second-order valence-corrected chi connectivity index (χ2v) is 7.02. The SMILES string of the molecule is FC(F)(F)c1ccccc1CN1CCC(N2CCCC2)CC1.O=C(O)C(=O)O. The summed E-state index contributed by atoms with van der Waals surface area (Å²) in [5.74, 6) is -3.65. The first-order chi connectivity index (χ1) is 13.2. The van der Waals surface area contributed by atoms with Gasteiger partial charge in [0.15, 0.2) is 0 Å². The molecule has 2 aliphatic rings. The van der Waals surface area contributed by atoms with E-state index in [0.717, 1.165) is 25.9 Å². The summed E-state index contributed by atoms with van der Waals surface area (Å²) in [4.78, 5) is 22.9. The average Bonchev–Trinajstić information content (AvgIpc) is 3.17. The molecule has 2 saturated heterocycles. The molecule has 0 atom stereocenters. The molecular formula is C19H25F3N2O4. The molecule has 0 saturated carbocycles. The average molecular weight is 402 g/mol. The van der Waals surface area contributed by atoms with Crippen LogP contribution in [-0.4, -0.2) is 64.2 Å². The molecule has 156 valence electrons. The standard InChI is InChI=1S/C17H23F3N2.C2H2O4/c18-17(19,20)16-6-2-1-5-14(16)13-21-11-7-15(8-12-21)22-9-3-4-10-22;3-1(4)2(5)6/h1-2,5-6,15H,3-4,7-13H2;(H,3,4)(H,5,6). The molecule has 2 fully saturated rings. The van der Waals surface area contributed by atoms with Crippen LogP contribution in [0.3, 0.4) is 0 Å². The lowest BCUT2D eigenvalue weighted by Gasteiger charge is -2.37. The highest BCUT2D eigenvalue weighted by Crippen LogP contribution is 2.33. The zero-order chi connectivity index (χ0) is 20.7. The lowest BCUT2D eigenvalue weighted by molar-refractivity contribution is -0.159. The molecule has 1 aromatic carbocycles. The van der Waals surface area contributed by atoms with Crippen LogP contribution in [0.5, 0.6) is 0 Å². The van der Waals surface area contributed by atoms with Crippen molar-refractivity contribution in [1.82, 2.24) is 9.80 Å². The first-order valence-electron chi connectivity index (χ1n) is 9.26. The van der Waals surface area contributed by atoms with Crippen molar-refractivity contribution in [2.45, 2.75) is 44.4 Å². The molecule has 6 nitrogen and oxygen atoms in total. The molecule has 2 aliphatic heterocycles. The summed E-state index contributed by atoms with van der Waals surface area (Å²) in [6.07, 6.45) is 0.477. The largest absolute Gasteiger partial charge is 0.473 e. The molecule has 28 heavy (non-hydrogen) atoms. The summed E-state index contributed by atoms with van der Waals surface area (Å²) >= 11 is 0. The molecule has 2 heterocycles. The summed E-state index contributed by atoms with van der Waals surface area (Å²) in [6, 6.07) is 6.59. The Morgan fingerprint density at radius 3 is 2.00 bits per heavy atom. The summed E-state index contributed by atoms with van der Waals surface area (Å²) in [7, 11) is 0. The van der Waals surface area contributed by atoms with E-state index in [1.165, 1.54) is 38.1 Å². The van der Waals surface area contributed by atoms with Crippen LogP contribution in [0.2, 0.25) is 0 Å². The maximum Gasteiger partial charge on any atom is 0.416 e. The van der Waals surface area contributed by atoms with Gasteiger partial charge in [-0.05, 0) is 63.5 Å². The fourth-order valence-corrected chi connectivity index (χ4v) is 3.72. The van der Waals surface area contributed by atoms with Gasteiger partial charge in [0, 0.05) is 12.6 Å². The van der Waals surface area contributed by atoms with E-state index in [1.807, 2.05) is 0 Å². The topological polar surface area (TPSA) is 81.1 Å². The molecule has 0 radical (unpaired) electrons. The van der Waals surface area contributed by atoms with Gasteiger partial charge in [0.2, 0.25) is 0 Å². The number of hydrogen-bond acceptors (Lipinski definition) is 4. The number of piperidine rings is 1. The summed E-state index contributed by atoms with van der Waals surface area (Å²) in [5, 5.41) is 14.8. The van der Waals surface area contributed by atoms with Crippen molar-refractivity contribution in [3.05, 3.63) is 35.4 Å². The monoisotopic (exact) mass is 402 g/mol. The van der Waals surface area contributed by atoms with E-state index in [9.17, 15) is 13.2 Å². The third-order valence-corrected chi connectivity index (χ3v) is 5.11. The predicted molar refractivity (Wildman–Crippen MR) is 95.8 cm³/mol. The maximum absolute atomic E-state index is 13.0. The number of benzene rings is 1. The Kier molecular flexibility index (Phi) is 7.82. The van der Waals surface area contributed by atoms with Crippen LogP contribution in [0, 0.1) is 0 Å². The van der Waals surface area contributed by atoms with E-state index in [1.54, 1.807) is 12.1 Å². The van der Waals surface area contributed by atoms with E-state index < -0.39 is 23.7 Å². The van der Waals surface area contributed by atoms with Crippen molar-refractivity contribution in [2.75, 3.05) is 26.2 Å². The zero-order valence-electron chi connectivity index (χ0n) is 15.5. The van der Waals surface area contributed by atoms with Gasteiger partial charge in [-0.25, -0.2) is 9.59 Å². The second-order valence-electron chi connectivity index (χ2n) is 7.02. The van der Waals surface area contributed by atoms with Gasteiger partial charge in [0.05, 0.1) is 5.56 Å². The van der Waals surface area contributed by atoms with Gasteiger partial charge < -0.3 is 15.1 Å². The smallest absolute Gasteiger partial charge is 0.416 e. The number of carboxylic acid groups (broad SMARTS) is 2. The fraction of sp³-hybridized carbons (Fsp3) is 0.579. The van der Waals surface area contributed by atoms with Crippen molar-refractivity contribution in [3.8, 4) is 0 Å². The van der Waals surface area contributed by atoms with Gasteiger partial charge in [0.25, 0.3) is 0 Å². The molecule has 0 bridgehead atoms. The van der Waals surface area contributed by atoms with Crippen LogP contribution in [0.4, 0.5) is 13.2 Å². The number of hydrogen-bond donors (Lipinski definition) is 2. The first kappa shape index (κ1) is 22.2. The molecule has 2 N–H and O–H groups in total. The Labute approximate surface area is 161 Å². The molecule has 9 heteroatoms. The second kappa shape index (κ2) is 9.88. The van der Waals surface area contributed by atoms with E-state index in [4.69, 9.17) is 19.8 Å². The van der Waals surface area contributed by atoms with Gasteiger partial charge in [-0.15, -0.1) is 0 Å². The lowest BCUT2D eigenvalue weighted by Crippen LogP contribution is -2.43. The van der Waals surface area contributed by atoms with Crippen molar-refractivity contribution in [2.24, 2.45) is 0 Å². The molecule has 0 amide bonds. The Hall–Kier alpha value is -2.13. The lowest BCUT2D eigenvalue weighted by atomic mass is 10.0. The van der Waals surface area contributed by atoms with E-state index >= 15 is 0 Å². The van der Waals surface area contributed by atoms with Crippen LogP contribution in [0.15, 0.2) is 24.3 Å². The molecule has 1 aromatic rings. The summed E-state index contributed by atoms with van der Waals surface area (Å²) in [5.41, 5.74) is -0.0914. The molecular weight excluding hydrogens is 377 g/mol. The van der Waals surface area contributed by atoms with E-state index in [2.05, 4.69) is 9.80 Å². The van der Waals surface area contributed by atoms with Gasteiger partial charge in [-0.2, -0.15) is 13.2 Å². The van der Waals surface area contributed by atoms with Crippen LogP contribution in [-0.2, 0) is 22.3 Å². The number of rotatable bonds is 3. The number of alkyl halides is 3. The Balaban J connectivity index is 0.000000409. The van der Waals surface area contributed by atoms with E-state index in [0.29, 0.717) is 18.2 Å². The van der Waals surface area contributed by atoms with Gasteiger partial charge in [-0.3, -0.25) is 4.90 Å². The minimum atomic E-state index is -4.26. The van der Waals surface area contributed by atoms with Crippen molar-refractivity contribution in [1.29, 1.82) is 0 Å². The highest BCUT2D eigenvalue weighted by molar-refractivity contribution is 6.27. The Morgan fingerprint density at radius 2 is 1.50 bits per heavy atom. The van der Waals surface area contributed by atoms with Gasteiger partial charge in [-0.1, -0.05) is 18.2 Å².